The molecule has 1 aromatic carbocycles. The highest BCUT2D eigenvalue weighted by molar-refractivity contribution is 7.92. The van der Waals surface area contributed by atoms with E-state index in [4.69, 9.17) is 0 Å². The molecule has 0 fully saturated rings. The molecule has 0 saturated heterocycles. The molecule has 0 spiro atoms. The van der Waals surface area contributed by atoms with Crippen LogP contribution in [0.4, 0.5) is 4.39 Å². The molecule has 0 saturated carbocycles. The number of carbonyl (C=O) groups is 2. The van der Waals surface area contributed by atoms with Gasteiger partial charge in [-0.15, -0.1) is 0 Å². The van der Waals surface area contributed by atoms with Gasteiger partial charge in [0.05, 0.1) is 5.75 Å². The maximum absolute atomic E-state index is 13.0. The normalized spacial score (nSPS) is 14.3. The van der Waals surface area contributed by atoms with Gasteiger partial charge in [0.2, 0.25) is 5.91 Å². The van der Waals surface area contributed by atoms with Gasteiger partial charge >= 0.3 is 5.97 Å². The highest BCUT2D eigenvalue weighted by Crippen LogP contribution is 2.21. The zero-order chi connectivity index (χ0) is 17.8. The summed E-state index contributed by atoms with van der Waals surface area (Å²) in [5.74, 6) is -3.95. The highest BCUT2D eigenvalue weighted by atomic mass is 32.2. The standard InChI is InChI=1S/C15H20FNO5S/c1-10(2)8-23(21,22)9-13(18)17-15(3,14(19)20)11-4-6-12(16)7-5-11/h4-7,10H,8-9H2,1-3H3,(H,17,18)(H,19,20). The second kappa shape index (κ2) is 7.08. The molecule has 0 heterocycles. The first-order chi connectivity index (χ1) is 10.5. The average molecular weight is 345 g/mol. The van der Waals surface area contributed by atoms with Crippen molar-refractivity contribution in [2.75, 3.05) is 11.5 Å². The molecule has 1 aromatic rings. The summed E-state index contributed by atoms with van der Waals surface area (Å²) in [6, 6.07) is 4.59. The molecule has 0 bridgehead atoms. The number of benzene rings is 1. The van der Waals surface area contributed by atoms with E-state index in [2.05, 4.69) is 5.32 Å². The lowest BCUT2D eigenvalue weighted by Crippen LogP contribution is -2.51. The zero-order valence-corrected chi connectivity index (χ0v) is 14.0. The molecule has 0 aliphatic rings. The summed E-state index contributed by atoms with van der Waals surface area (Å²) in [5, 5.41) is 11.6. The number of nitrogens with one attached hydrogen (secondary N) is 1. The van der Waals surface area contributed by atoms with Crippen LogP contribution in [0.25, 0.3) is 0 Å². The zero-order valence-electron chi connectivity index (χ0n) is 13.2. The Bertz CT molecular complexity index is 684. The first-order valence-electron chi connectivity index (χ1n) is 6.97. The van der Waals surface area contributed by atoms with Crippen molar-refractivity contribution in [1.29, 1.82) is 0 Å². The number of halogens is 1. The molecule has 128 valence electrons. The van der Waals surface area contributed by atoms with Crippen LogP contribution < -0.4 is 5.32 Å². The van der Waals surface area contributed by atoms with Gasteiger partial charge in [-0.1, -0.05) is 26.0 Å². The molecule has 8 heteroatoms. The Labute approximate surface area is 134 Å². The number of sulfone groups is 1. The molecule has 0 radical (unpaired) electrons. The van der Waals surface area contributed by atoms with Crippen LogP contribution in [-0.2, 0) is 25.0 Å². The average Bonchev–Trinajstić information content (AvgIpc) is 2.36. The predicted octanol–water partition coefficient (Wildman–Crippen LogP) is 1.31. The molecule has 0 aliphatic heterocycles. The van der Waals surface area contributed by atoms with Crippen molar-refractivity contribution in [2.45, 2.75) is 26.3 Å². The van der Waals surface area contributed by atoms with Crippen molar-refractivity contribution in [3.63, 3.8) is 0 Å². The van der Waals surface area contributed by atoms with E-state index in [1.807, 2.05) is 0 Å². The van der Waals surface area contributed by atoms with E-state index >= 15 is 0 Å². The van der Waals surface area contributed by atoms with Crippen molar-refractivity contribution in [2.24, 2.45) is 5.92 Å². The summed E-state index contributed by atoms with van der Waals surface area (Å²) in [6.07, 6.45) is 0. The number of hydrogen-bond acceptors (Lipinski definition) is 4. The van der Waals surface area contributed by atoms with Gasteiger partial charge in [0.15, 0.2) is 15.4 Å². The fourth-order valence-corrected chi connectivity index (χ4v) is 3.72. The number of carbonyl (C=O) groups excluding carboxylic acids is 1. The summed E-state index contributed by atoms with van der Waals surface area (Å²) in [6.45, 7) is 4.63. The summed E-state index contributed by atoms with van der Waals surface area (Å²) in [7, 11) is -3.63. The minimum atomic E-state index is -3.63. The highest BCUT2D eigenvalue weighted by Gasteiger charge is 2.37. The molecule has 23 heavy (non-hydrogen) atoms. The van der Waals surface area contributed by atoms with E-state index in [1.54, 1.807) is 13.8 Å². The van der Waals surface area contributed by atoms with E-state index in [1.165, 1.54) is 19.1 Å². The fraction of sp³-hybridized carbons (Fsp3) is 0.467. The molecular formula is C15H20FNO5S. The second-order valence-corrected chi connectivity index (χ2v) is 8.04. The summed E-state index contributed by atoms with van der Waals surface area (Å²) < 4.78 is 36.6. The molecule has 6 nitrogen and oxygen atoms in total. The van der Waals surface area contributed by atoms with Gasteiger partial charge in [0, 0.05) is 0 Å². The van der Waals surface area contributed by atoms with Crippen molar-refractivity contribution in [3.05, 3.63) is 35.6 Å². The Morgan fingerprint density at radius 1 is 1.26 bits per heavy atom. The molecule has 1 amide bonds. The van der Waals surface area contributed by atoms with Crippen LogP contribution in [0, 0.1) is 11.7 Å². The van der Waals surface area contributed by atoms with Gasteiger partial charge in [0.25, 0.3) is 0 Å². The fourth-order valence-electron chi connectivity index (χ4n) is 2.11. The summed E-state index contributed by atoms with van der Waals surface area (Å²) >= 11 is 0. The van der Waals surface area contributed by atoms with Crippen LogP contribution in [0.3, 0.4) is 0 Å². The number of aliphatic carboxylic acids is 1. The second-order valence-electron chi connectivity index (χ2n) is 5.93. The van der Waals surface area contributed by atoms with E-state index in [0.717, 1.165) is 12.1 Å². The first-order valence-corrected chi connectivity index (χ1v) is 8.79. The molecule has 1 atom stereocenters. The smallest absolute Gasteiger partial charge is 0.333 e. The molecule has 2 N–H and O–H groups in total. The third-order valence-corrected chi connectivity index (χ3v) is 5.05. The monoisotopic (exact) mass is 345 g/mol. The third-order valence-electron chi connectivity index (χ3n) is 3.18. The van der Waals surface area contributed by atoms with Crippen LogP contribution in [0.2, 0.25) is 0 Å². The summed E-state index contributed by atoms with van der Waals surface area (Å²) in [4.78, 5) is 23.5. The molecule has 0 aliphatic carbocycles. The molecule has 0 aromatic heterocycles. The molecule has 1 unspecified atom stereocenters. The minimum Gasteiger partial charge on any atom is -0.479 e. The van der Waals surface area contributed by atoms with Crippen molar-refractivity contribution in [1.82, 2.24) is 5.32 Å². The van der Waals surface area contributed by atoms with E-state index in [9.17, 15) is 27.5 Å². The van der Waals surface area contributed by atoms with Gasteiger partial charge < -0.3 is 10.4 Å². The van der Waals surface area contributed by atoms with Crippen molar-refractivity contribution >= 4 is 21.7 Å². The van der Waals surface area contributed by atoms with Crippen molar-refractivity contribution in [3.8, 4) is 0 Å². The maximum atomic E-state index is 13.0. The van der Waals surface area contributed by atoms with Gasteiger partial charge in [-0.2, -0.15) is 0 Å². The van der Waals surface area contributed by atoms with Gasteiger partial charge in [-0.3, -0.25) is 4.79 Å². The number of carboxylic acid groups (broad SMARTS) is 1. The van der Waals surface area contributed by atoms with Crippen molar-refractivity contribution < 1.29 is 27.5 Å². The number of amides is 1. The number of rotatable bonds is 7. The van der Waals surface area contributed by atoms with Gasteiger partial charge in [-0.05, 0) is 30.5 Å². The lowest BCUT2D eigenvalue weighted by atomic mass is 9.92. The van der Waals surface area contributed by atoms with Gasteiger partial charge in [-0.25, -0.2) is 17.6 Å². The first kappa shape index (κ1) is 19.1. The SMILES string of the molecule is CC(C)CS(=O)(=O)CC(=O)NC(C)(C(=O)O)c1ccc(F)cc1. The Balaban J connectivity index is 2.98. The maximum Gasteiger partial charge on any atom is 0.333 e. The lowest BCUT2D eigenvalue weighted by molar-refractivity contribution is -0.147. The number of carboxylic acids is 1. The minimum absolute atomic E-state index is 0.140. The van der Waals surface area contributed by atoms with E-state index in [0.29, 0.717) is 0 Å². The van der Waals surface area contributed by atoms with Gasteiger partial charge in [0.1, 0.15) is 11.6 Å². The molecule has 1 rings (SSSR count). The van der Waals surface area contributed by atoms with E-state index < -0.39 is 38.8 Å². The third kappa shape index (κ3) is 5.31. The topological polar surface area (TPSA) is 101 Å². The van der Waals surface area contributed by atoms with Crippen LogP contribution in [0.15, 0.2) is 24.3 Å². The Morgan fingerprint density at radius 3 is 2.22 bits per heavy atom. The quantitative estimate of drug-likeness (QED) is 0.776. The Morgan fingerprint density at radius 2 is 1.78 bits per heavy atom. The number of hydrogen-bond donors (Lipinski definition) is 2. The largest absolute Gasteiger partial charge is 0.479 e. The van der Waals surface area contributed by atoms with Crippen LogP contribution >= 0.6 is 0 Å². The van der Waals surface area contributed by atoms with Crippen LogP contribution in [0.1, 0.15) is 26.3 Å². The Kier molecular flexibility index (Phi) is 5.87. The van der Waals surface area contributed by atoms with E-state index in [-0.39, 0.29) is 17.2 Å². The van der Waals surface area contributed by atoms with Crippen LogP contribution in [0.5, 0.6) is 0 Å². The summed E-state index contributed by atoms with van der Waals surface area (Å²) in [5.41, 5.74) is -1.71. The van der Waals surface area contributed by atoms with Crippen LogP contribution in [-0.4, -0.2) is 36.9 Å². The molecular weight excluding hydrogens is 325 g/mol. The Hall–Kier alpha value is -1.96. The predicted molar refractivity (Wildman–Crippen MR) is 83.0 cm³/mol. The lowest BCUT2D eigenvalue weighted by Gasteiger charge is -2.26.